The van der Waals surface area contributed by atoms with Gasteiger partial charge in [0.05, 0.1) is 0 Å². The zero-order valence-electron chi connectivity index (χ0n) is 9.05. The third-order valence-corrected chi connectivity index (χ3v) is 3.05. The lowest BCUT2D eigenvalue weighted by atomic mass is 10.8. The molecule has 0 bridgehead atoms. The monoisotopic (exact) mass is 350 g/mol. The fraction of sp³-hybridized carbons (Fsp3) is 1.00. The maximum atomic E-state index is 11.4. The lowest BCUT2D eigenvalue weighted by molar-refractivity contribution is 0.561. The summed E-state index contributed by atoms with van der Waals surface area (Å²) in [5.41, 5.74) is 0. The Kier molecular flexibility index (Phi) is 13.0. The van der Waals surface area contributed by atoms with Crippen molar-refractivity contribution in [1.29, 1.82) is 0 Å². The number of nitrogens with one attached hydrogen (secondary N) is 2. The van der Waals surface area contributed by atoms with Gasteiger partial charge >= 0.3 is 0 Å². The highest BCUT2D eigenvalue weighted by Gasteiger charge is 2.10. The van der Waals surface area contributed by atoms with Gasteiger partial charge in [0.15, 0.2) is 0 Å². The molecule has 0 atom stereocenters. The van der Waals surface area contributed by atoms with E-state index in [1.165, 1.54) is 6.66 Å². The van der Waals surface area contributed by atoms with Crippen molar-refractivity contribution < 1.29 is 9.13 Å². The molecular weight excluding hydrogens is 336 g/mol. The van der Waals surface area contributed by atoms with Crippen LogP contribution in [0.5, 0.6) is 0 Å². The van der Waals surface area contributed by atoms with Crippen molar-refractivity contribution in [2.45, 2.75) is 0 Å². The second kappa shape index (κ2) is 10.5. The van der Waals surface area contributed by atoms with E-state index in [9.17, 15) is 9.13 Å². The molecule has 16 heavy (non-hydrogen) atoms. The topological polar surface area (TPSA) is 58.2 Å². The van der Waals surface area contributed by atoms with Crippen LogP contribution in [-0.2, 0) is 9.13 Å². The van der Waals surface area contributed by atoms with Crippen molar-refractivity contribution in [3.05, 3.63) is 0 Å². The van der Waals surface area contributed by atoms with Crippen LogP contribution in [0.15, 0.2) is 0 Å². The molecule has 0 aliphatic carbocycles. The molecule has 0 aromatic carbocycles. The van der Waals surface area contributed by atoms with Crippen LogP contribution >= 0.6 is 59.0 Å². The molecule has 0 unspecified atom stereocenters. The van der Waals surface area contributed by atoms with Crippen LogP contribution in [0.25, 0.3) is 0 Å². The average Bonchev–Trinajstić information content (AvgIpc) is 2.09. The quantitative estimate of drug-likeness (QED) is 0.565. The molecule has 4 nitrogen and oxygen atoms in total. The van der Waals surface area contributed by atoms with Crippen LogP contribution in [0, 0.1) is 0 Å². The summed E-state index contributed by atoms with van der Waals surface area (Å²) >= 11 is 20.5. The van der Waals surface area contributed by atoms with Gasteiger partial charge in [-0.05, 0) is 22.5 Å². The minimum absolute atomic E-state index is 0.459. The Morgan fingerprint density at radius 3 is 1.38 bits per heavy atom. The van der Waals surface area contributed by atoms with Crippen molar-refractivity contribution in [2.75, 3.05) is 38.2 Å². The van der Waals surface area contributed by atoms with Crippen molar-refractivity contribution in [3.8, 4) is 0 Å². The molecule has 0 saturated heterocycles. The first-order valence-electron chi connectivity index (χ1n) is 4.29. The molecule has 0 rings (SSSR count). The Balaban J connectivity index is 0. The highest BCUT2D eigenvalue weighted by atomic mass is 35.9. The zero-order valence-corrected chi connectivity index (χ0v) is 13.9. The molecule has 2 N–H and O–H groups in total. The molecule has 0 aliphatic rings. The normalized spacial score (nSPS) is 11.9. The van der Waals surface area contributed by atoms with E-state index < -0.39 is 13.3 Å². The summed E-state index contributed by atoms with van der Waals surface area (Å²) in [4.78, 5) is 0. The smallest absolute Gasteiger partial charge is 0.250 e. The van der Waals surface area contributed by atoms with Crippen LogP contribution < -0.4 is 10.2 Å². The number of hydrogen-bond acceptors (Lipinski definition) is 2. The highest BCUT2D eigenvalue weighted by molar-refractivity contribution is 8.08. The number of alkyl halides is 2. The summed E-state index contributed by atoms with van der Waals surface area (Å²) in [6, 6.07) is 0. The first kappa shape index (κ1) is 19.9. The minimum Gasteiger partial charge on any atom is -0.290 e. The van der Waals surface area contributed by atoms with E-state index in [-0.39, 0.29) is 0 Å². The summed E-state index contributed by atoms with van der Waals surface area (Å²) in [5.74, 6) is -1.78. The molecule has 0 aromatic rings. The first-order chi connectivity index (χ1) is 7.12. The van der Waals surface area contributed by atoms with E-state index in [0.717, 1.165) is 0 Å². The van der Waals surface area contributed by atoms with Crippen LogP contribution in [0.4, 0.5) is 0 Å². The molecule has 0 amide bonds. The molecular formula is C6H16Cl4N2O2P2. The van der Waals surface area contributed by atoms with E-state index in [0.29, 0.717) is 24.8 Å². The molecule has 0 heterocycles. The number of hydrogen-bond donors (Lipinski definition) is 2. The first-order valence-corrected chi connectivity index (χ1v) is 11.5. The largest absolute Gasteiger partial charge is 0.290 e. The summed E-state index contributed by atoms with van der Waals surface area (Å²) in [7, 11) is -2.39. The summed E-state index contributed by atoms with van der Waals surface area (Å²) in [6.07, 6.45) is 0. The summed E-state index contributed by atoms with van der Waals surface area (Å²) < 4.78 is 21.1. The van der Waals surface area contributed by atoms with E-state index >= 15 is 0 Å². The van der Waals surface area contributed by atoms with E-state index in [2.05, 4.69) is 10.2 Å². The SMILES string of the molecule is CP(=O)(Cl)Cl.CP(=O)(NCCCl)NCCCl. The standard InChI is InChI=1S/C5H13Cl2N2OP.CH3Cl2OP/c1-11(10,8-4-2-6)9-5-3-7;1-5(2,3)4/h2-5H2,1H3,(H2,8,9,10);1H3. The summed E-state index contributed by atoms with van der Waals surface area (Å²) in [5, 5.41) is 5.59. The lowest BCUT2D eigenvalue weighted by Gasteiger charge is -2.14. The van der Waals surface area contributed by atoms with E-state index in [1.807, 2.05) is 0 Å². The van der Waals surface area contributed by atoms with Crippen molar-refractivity contribution in [1.82, 2.24) is 10.2 Å². The van der Waals surface area contributed by atoms with Gasteiger partial charge in [0.25, 0.3) is 0 Å². The fourth-order valence-corrected chi connectivity index (χ4v) is 2.21. The molecule has 100 valence electrons. The van der Waals surface area contributed by atoms with Gasteiger partial charge in [0.1, 0.15) is 0 Å². The molecule has 0 saturated carbocycles. The molecule has 0 fully saturated rings. The van der Waals surface area contributed by atoms with Gasteiger partial charge in [-0.25, -0.2) is 0 Å². The number of halogens is 4. The third-order valence-electron chi connectivity index (χ3n) is 1.02. The zero-order chi connectivity index (χ0) is 13.2. The highest BCUT2D eigenvalue weighted by Crippen LogP contribution is 2.52. The third kappa shape index (κ3) is 24.7. The van der Waals surface area contributed by atoms with Crippen molar-refractivity contribution in [2.24, 2.45) is 0 Å². The van der Waals surface area contributed by atoms with Gasteiger partial charge in [0.2, 0.25) is 13.3 Å². The van der Waals surface area contributed by atoms with Crippen LogP contribution in [0.1, 0.15) is 0 Å². The average molecular weight is 352 g/mol. The molecule has 0 radical (unpaired) electrons. The van der Waals surface area contributed by atoms with Crippen molar-refractivity contribution >= 4 is 59.0 Å². The lowest BCUT2D eigenvalue weighted by Crippen LogP contribution is -2.24. The maximum Gasteiger partial charge on any atom is 0.250 e. The Hall–Kier alpha value is 1.54. The molecule has 10 heteroatoms. The Labute approximate surface area is 116 Å². The van der Waals surface area contributed by atoms with Gasteiger partial charge < -0.3 is 0 Å². The van der Waals surface area contributed by atoms with Gasteiger partial charge in [-0.2, -0.15) is 0 Å². The molecule has 0 aliphatic heterocycles. The Morgan fingerprint density at radius 1 is 0.938 bits per heavy atom. The number of rotatable bonds is 6. The van der Waals surface area contributed by atoms with Gasteiger partial charge in [-0.3, -0.25) is 19.3 Å². The maximum absolute atomic E-state index is 11.4. The van der Waals surface area contributed by atoms with E-state index in [4.69, 9.17) is 45.7 Å². The second-order valence-corrected chi connectivity index (χ2v) is 11.9. The Morgan fingerprint density at radius 2 is 1.19 bits per heavy atom. The van der Waals surface area contributed by atoms with Crippen molar-refractivity contribution in [3.63, 3.8) is 0 Å². The van der Waals surface area contributed by atoms with Gasteiger partial charge in [-0.15, -0.1) is 23.2 Å². The molecule has 0 aromatic heterocycles. The van der Waals surface area contributed by atoms with Crippen LogP contribution in [0.3, 0.4) is 0 Å². The van der Waals surface area contributed by atoms with Gasteiger partial charge in [-0.1, -0.05) is 0 Å². The van der Waals surface area contributed by atoms with Gasteiger partial charge in [0, 0.05) is 38.2 Å². The van der Waals surface area contributed by atoms with E-state index in [1.54, 1.807) is 6.66 Å². The second-order valence-electron chi connectivity index (χ2n) is 2.84. The fourth-order valence-electron chi connectivity index (χ4n) is 0.567. The summed E-state index contributed by atoms with van der Waals surface area (Å²) in [6.45, 7) is 3.98. The minimum atomic E-state index is -2.69. The predicted octanol–water partition coefficient (Wildman–Crippen LogP) is 3.75. The Bertz CT molecular complexity index is 241. The molecule has 0 spiro atoms. The van der Waals surface area contributed by atoms with Crippen LogP contribution in [0.2, 0.25) is 0 Å². The predicted molar refractivity (Wildman–Crippen MR) is 76.2 cm³/mol. The van der Waals surface area contributed by atoms with Crippen LogP contribution in [-0.4, -0.2) is 38.2 Å².